The van der Waals surface area contributed by atoms with Crippen molar-refractivity contribution >= 4 is 27.7 Å². The summed E-state index contributed by atoms with van der Waals surface area (Å²) in [4.78, 5) is 42.4. The fourth-order valence-electron chi connectivity index (χ4n) is 5.46. The summed E-state index contributed by atoms with van der Waals surface area (Å²) in [6.45, 7) is 2.52. The predicted octanol–water partition coefficient (Wildman–Crippen LogP) is 1.22. The lowest BCUT2D eigenvalue weighted by atomic mass is 10.0. The molecular formula is C22H27N3O5S. The molecule has 0 radical (unpaired) electrons. The molecule has 9 heteroatoms. The first-order valence-corrected chi connectivity index (χ1v) is 12.5. The average molecular weight is 446 g/mol. The van der Waals surface area contributed by atoms with E-state index >= 15 is 0 Å². The van der Waals surface area contributed by atoms with Gasteiger partial charge in [0.2, 0.25) is 27.7 Å². The second kappa shape index (κ2) is 7.41. The van der Waals surface area contributed by atoms with Crippen LogP contribution in [-0.4, -0.2) is 71.5 Å². The maximum atomic E-state index is 13.6. The van der Waals surface area contributed by atoms with Gasteiger partial charge < -0.3 is 4.90 Å². The van der Waals surface area contributed by atoms with Crippen molar-refractivity contribution in [2.45, 2.75) is 62.0 Å². The smallest absolute Gasteiger partial charge is 0.243 e. The van der Waals surface area contributed by atoms with Crippen molar-refractivity contribution < 1.29 is 22.8 Å². The molecule has 1 aromatic carbocycles. The molecule has 4 fully saturated rings. The number of sulfonamides is 1. The molecule has 0 aromatic heterocycles. The Morgan fingerprint density at radius 1 is 0.968 bits per heavy atom. The molecule has 8 nitrogen and oxygen atoms in total. The number of likely N-dealkylation sites (tertiary alicyclic amines) is 2. The first-order chi connectivity index (χ1) is 14.8. The van der Waals surface area contributed by atoms with Crippen LogP contribution in [0.15, 0.2) is 35.2 Å². The third-order valence-electron chi connectivity index (χ3n) is 7.18. The van der Waals surface area contributed by atoms with Gasteiger partial charge in [-0.2, -0.15) is 4.31 Å². The van der Waals surface area contributed by atoms with Crippen molar-refractivity contribution in [3.8, 4) is 0 Å². The van der Waals surface area contributed by atoms with Gasteiger partial charge in [0.15, 0.2) is 0 Å². The molecule has 4 aliphatic rings. The molecule has 3 aliphatic heterocycles. The SMILES string of the molecule is C[C@@H]1C(=O)N(C(=O)C2CC2)[C@H]2CCN(C(=O)[C@@H]3CCCN3S(=O)(=O)c3ccccc3)[C@H]12. The summed E-state index contributed by atoms with van der Waals surface area (Å²) in [5.41, 5.74) is 0. The lowest BCUT2D eigenvalue weighted by Gasteiger charge is -2.31. The van der Waals surface area contributed by atoms with Gasteiger partial charge in [0.25, 0.3) is 0 Å². The first-order valence-electron chi connectivity index (χ1n) is 11.1. The number of nitrogens with zero attached hydrogens (tertiary/aromatic N) is 3. The predicted molar refractivity (Wildman–Crippen MR) is 111 cm³/mol. The minimum atomic E-state index is -3.78. The molecule has 4 atom stereocenters. The minimum Gasteiger partial charge on any atom is -0.335 e. The van der Waals surface area contributed by atoms with Gasteiger partial charge in [-0.25, -0.2) is 8.42 Å². The Balaban J connectivity index is 1.39. The molecule has 0 unspecified atom stereocenters. The summed E-state index contributed by atoms with van der Waals surface area (Å²) in [7, 11) is -3.78. The Morgan fingerprint density at radius 3 is 2.35 bits per heavy atom. The van der Waals surface area contributed by atoms with Crippen molar-refractivity contribution in [2.75, 3.05) is 13.1 Å². The molecule has 166 valence electrons. The van der Waals surface area contributed by atoms with Gasteiger partial charge in [-0.1, -0.05) is 25.1 Å². The van der Waals surface area contributed by atoms with Gasteiger partial charge in [0.1, 0.15) is 6.04 Å². The number of fused-ring (bicyclic) bond motifs is 1. The quantitative estimate of drug-likeness (QED) is 0.650. The Hall–Kier alpha value is -2.26. The molecule has 0 spiro atoms. The molecule has 0 bridgehead atoms. The van der Waals surface area contributed by atoms with Crippen LogP contribution in [-0.2, 0) is 24.4 Å². The molecule has 31 heavy (non-hydrogen) atoms. The molecule has 0 N–H and O–H groups in total. The van der Waals surface area contributed by atoms with Crippen LogP contribution < -0.4 is 0 Å². The van der Waals surface area contributed by atoms with E-state index in [0.29, 0.717) is 32.4 Å². The second-order valence-electron chi connectivity index (χ2n) is 9.07. The van der Waals surface area contributed by atoms with E-state index in [0.717, 1.165) is 12.8 Å². The van der Waals surface area contributed by atoms with E-state index in [-0.39, 0.29) is 40.6 Å². The Bertz CT molecular complexity index is 1020. The first kappa shape index (κ1) is 20.6. The zero-order valence-corrected chi connectivity index (χ0v) is 18.3. The average Bonchev–Trinajstić information content (AvgIpc) is 3.24. The molecule has 3 saturated heterocycles. The monoisotopic (exact) mass is 445 g/mol. The largest absolute Gasteiger partial charge is 0.335 e. The van der Waals surface area contributed by atoms with E-state index < -0.39 is 22.0 Å². The highest BCUT2D eigenvalue weighted by molar-refractivity contribution is 7.89. The summed E-state index contributed by atoms with van der Waals surface area (Å²) in [5.74, 6) is -1.07. The van der Waals surface area contributed by atoms with Crippen molar-refractivity contribution in [3.63, 3.8) is 0 Å². The lowest BCUT2D eigenvalue weighted by molar-refractivity contribution is -0.146. The highest BCUT2D eigenvalue weighted by Crippen LogP contribution is 2.41. The van der Waals surface area contributed by atoms with Crippen LogP contribution in [0.4, 0.5) is 0 Å². The zero-order chi connectivity index (χ0) is 21.9. The van der Waals surface area contributed by atoms with E-state index in [4.69, 9.17) is 0 Å². The summed E-state index contributed by atoms with van der Waals surface area (Å²) >= 11 is 0. The number of hydrogen-bond donors (Lipinski definition) is 0. The maximum absolute atomic E-state index is 13.6. The third kappa shape index (κ3) is 3.20. The van der Waals surface area contributed by atoms with Crippen molar-refractivity contribution in [1.82, 2.24) is 14.1 Å². The van der Waals surface area contributed by atoms with Crippen LogP contribution in [0.3, 0.4) is 0 Å². The van der Waals surface area contributed by atoms with Crippen LogP contribution in [0, 0.1) is 11.8 Å². The Morgan fingerprint density at radius 2 is 1.68 bits per heavy atom. The number of carbonyl (C=O) groups is 3. The standard InChI is InChI=1S/C22H27N3O5S/c1-14-19-17(25(20(14)26)21(27)15-9-10-15)11-13-23(19)22(28)18-8-5-12-24(18)31(29,30)16-6-3-2-4-7-16/h2-4,6-7,14-15,17-19H,5,8-13H2,1H3/t14-,17-,18-,19+/m0/s1. The van der Waals surface area contributed by atoms with Gasteiger partial charge in [0.05, 0.1) is 22.9 Å². The van der Waals surface area contributed by atoms with E-state index in [1.54, 1.807) is 42.2 Å². The van der Waals surface area contributed by atoms with Crippen LogP contribution in [0.2, 0.25) is 0 Å². The van der Waals surface area contributed by atoms with Gasteiger partial charge in [-0.3, -0.25) is 19.3 Å². The van der Waals surface area contributed by atoms with Crippen LogP contribution in [0.25, 0.3) is 0 Å². The molecule has 5 rings (SSSR count). The normalized spacial score (nSPS) is 31.3. The number of amides is 3. The fraction of sp³-hybridized carbons (Fsp3) is 0.591. The summed E-state index contributed by atoms with van der Waals surface area (Å²) in [6.07, 6.45) is 3.29. The van der Waals surface area contributed by atoms with Crippen LogP contribution >= 0.6 is 0 Å². The second-order valence-corrected chi connectivity index (χ2v) is 11.0. The third-order valence-corrected chi connectivity index (χ3v) is 9.10. The highest BCUT2D eigenvalue weighted by atomic mass is 32.2. The molecule has 3 heterocycles. The molecule has 1 aliphatic carbocycles. The summed E-state index contributed by atoms with van der Waals surface area (Å²) in [6, 6.07) is 6.75. The number of carbonyl (C=O) groups excluding carboxylic acids is 3. The zero-order valence-electron chi connectivity index (χ0n) is 17.5. The molecular weight excluding hydrogens is 418 g/mol. The van der Waals surface area contributed by atoms with E-state index in [9.17, 15) is 22.8 Å². The van der Waals surface area contributed by atoms with Crippen molar-refractivity contribution in [3.05, 3.63) is 30.3 Å². The number of benzene rings is 1. The Kier molecular flexibility index (Phi) is 4.93. The summed E-state index contributed by atoms with van der Waals surface area (Å²) in [5, 5.41) is 0. The number of imide groups is 1. The van der Waals surface area contributed by atoms with Gasteiger partial charge in [-0.15, -0.1) is 0 Å². The van der Waals surface area contributed by atoms with Gasteiger partial charge >= 0.3 is 0 Å². The van der Waals surface area contributed by atoms with Crippen LogP contribution in [0.1, 0.15) is 39.0 Å². The topological polar surface area (TPSA) is 95.1 Å². The Labute approximate surface area is 182 Å². The lowest BCUT2D eigenvalue weighted by Crippen LogP contribution is -2.51. The highest BCUT2D eigenvalue weighted by Gasteiger charge is 2.57. The van der Waals surface area contributed by atoms with Crippen LogP contribution in [0.5, 0.6) is 0 Å². The molecule has 1 aromatic rings. The maximum Gasteiger partial charge on any atom is 0.243 e. The van der Waals surface area contributed by atoms with E-state index in [2.05, 4.69) is 0 Å². The number of hydrogen-bond acceptors (Lipinski definition) is 5. The van der Waals surface area contributed by atoms with E-state index in [1.807, 2.05) is 0 Å². The molecule has 3 amide bonds. The van der Waals surface area contributed by atoms with E-state index in [1.165, 1.54) is 9.21 Å². The summed E-state index contributed by atoms with van der Waals surface area (Å²) < 4.78 is 27.7. The number of rotatable bonds is 4. The molecule has 1 saturated carbocycles. The van der Waals surface area contributed by atoms with Crippen molar-refractivity contribution in [2.24, 2.45) is 11.8 Å². The minimum absolute atomic E-state index is 0.0546. The van der Waals surface area contributed by atoms with Gasteiger partial charge in [0, 0.05) is 19.0 Å². The van der Waals surface area contributed by atoms with Crippen molar-refractivity contribution in [1.29, 1.82) is 0 Å². The fourth-order valence-corrected chi connectivity index (χ4v) is 7.13. The van der Waals surface area contributed by atoms with Gasteiger partial charge in [-0.05, 0) is 44.2 Å².